The fraction of sp³-hybridized carbons (Fsp3) is 0.500. The van der Waals surface area contributed by atoms with Gasteiger partial charge in [0.2, 0.25) is 0 Å². The van der Waals surface area contributed by atoms with Crippen molar-refractivity contribution in [3.05, 3.63) is 17.8 Å². The van der Waals surface area contributed by atoms with Gasteiger partial charge in [0.05, 0.1) is 18.4 Å². The van der Waals surface area contributed by atoms with Crippen LogP contribution < -0.4 is 10.6 Å². The van der Waals surface area contributed by atoms with Crippen LogP contribution in [0.2, 0.25) is 0 Å². The number of anilines is 1. The highest BCUT2D eigenvalue weighted by molar-refractivity contribution is 7.80. The summed E-state index contributed by atoms with van der Waals surface area (Å²) in [4.78, 5) is 2.20. The molecule has 0 aromatic carbocycles. The Hall–Kier alpha value is -1.27. The van der Waals surface area contributed by atoms with E-state index in [9.17, 15) is 0 Å². The van der Waals surface area contributed by atoms with E-state index >= 15 is 0 Å². The van der Waals surface area contributed by atoms with Gasteiger partial charge >= 0.3 is 0 Å². The van der Waals surface area contributed by atoms with Crippen LogP contribution in [-0.2, 0) is 0 Å². The lowest BCUT2D eigenvalue weighted by Gasteiger charge is -2.27. The summed E-state index contributed by atoms with van der Waals surface area (Å²) in [6.07, 6.45) is 1.55. The number of aliphatic hydroxyl groups excluding tert-OH is 1. The van der Waals surface area contributed by atoms with Crippen LogP contribution in [0.3, 0.4) is 0 Å². The van der Waals surface area contributed by atoms with Crippen molar-refractivity contribution in [2.45, 2.75) is 19.9 Å². The Morgan fingerprint density at radius 1 is 1.62 bits per heavy atom. The van der Waals surface area contributed by atoms with Gasteiger partial charge in [0, 0.05) is 12.6 Å². The van der Waals surface area contributed by atoms with Crippen LogP contribution in [0.15, 0.2) is 12.3 Å². The lowest BCUT2D eigenvalue weighted by molar-refractivity contribution is 0.298. The predicted octanol–water partition coefficient (Wildman–Crippen LogP) is 0.318. The van der Waals surface area contributed by atoms with E-state index in [-0.39, 0.29) is 17.6 Å². The molecule has 0 amide bonds. The van der Waals surface area contributed by atoms with Gasteiger partial charge in [-0.15, -0.1) is 5.10 Å². The van der Waals surface area contributed by atoms with Gasteiger partial charge in [-0.05, 0) is 19.9 Å². The molecule has 0 spiro atoms. The minimum Gasteiger partial charge on any atom is -0.395 e. The molecule has 6 heteroatoms. The number of nitrogens with two attached hydrogens (primary N) is 1. The van der Waals surface area contributed by atoms with Gasteiger partial charge in [-0.3, -0.25) is 0 Å². The van der Waals surface area contributed by atoms with Gasteiger partial charge in [0.25, 0.3) is 0 Å². The van der Waals surface area contributed by atoms with Gasteiger partial charge in [-0.2, -0.15) is 5.10 Å². The molecular weight excluding hydrogens is 224 g/mol. The fourth-order valence-corrected chi connectivity index (χ4v) is 1.60. The first kappa shape index (κ1) is 12.8. The summed E-state index contributed by atoms with van der Waals surface area (Å²) >= 11 is 4.96. The maximum absolute atomic E-state index is 9.02. The van der Waals surface area contributed by atoms with E-state index in [1.807, 2.05) is 18.7 Å². The van der Waals surface area contributed by atoms with Crippen LogP contribution >= 0.6 is 12.2 Å². The Kier molecular flexibility index (Phi) is 4.57. The standard InChI is InChI=1S/C10H16N4OS/c1-7(2)14(5-6-15)10-8(9(11)16)3-4-12-13-10/h3-4,7,15H,5-6H2,1-2H3,(H2,11,16). The maximum Gasteiger partial charge on any atom is 0.161 e. The monoisotopic (exact) mass is 240 g/mol. The topological polar surface area (TPSA) is 75.3 Å². The zero-order valence-corrected chi connectivity index (χ0v) is 10.2. The summed E-state index contributed by atoms with van der Waals surface area (Å²) in [5, 5.41) is 16.9. The van der Waals surface area contributed by atoms with Crippen molar-refractivity contribution in [2.75, 3.05) is 18.1 Å². The minimum absolute atomic E-state index is 0.0472. The Bertz CT molecular complexity index is 370. The average Bonchev–Trinajstić information content (AvgIpc) is 2.25. The first-order valence-corrected chi connectivity index (χ1v) is 5.47. The molecule has 1 rings (SSSR count). The van der Waals surface area contributed by atoms with E-state index in [2.05, 4.69) is 10.2 Å². The lowest BCUT2D eigenvalue weighted by Crippen LogP contribution is -2.36. The zero-order valence-electron chi connectivity index (χ0n) is 9.42. The molecule has 1 heterocycles. The van der Waals surface area contributed by atoms with Crippen molar-refractivity contribution in [1.29, 1.82) is 0 Å². The number of rotatable bonds is 5. The molecule has 0 aliphatic rings. The number of hydrogen-bond donors (Lipinski definition) is 2. The summed E-state index contributed by atoms with van der Waals surface area (Å²) in [5.41, 5.74) is 6.31. The summed E-state index contributed by atoms with van der Waals surface area (Å²) in [7, 11) is 0. The third-order valence-electron chi connectivity index (χ3n) is 2.20. The lowest BCUT2D eigenvalue weighted by atomic mass is 10.2. The van der Waals surface area contributed by atoms with E-state index in [0.717, 1.165) is 0 Å². The van der Waals surface area contributed by atoms with Gasteiger partial charge in [0.15, 0.2) is 5.82 Å². The highest BCUT2D eigenvalue weighted by Gasteiger charge is 2.17. The van der Waals surface area contributed by atoms with Crippen LogP contribution in [0, 0.1) is 0 Å². The number of aliphatic hydroxyl groups is 1. The van der Waals surface area contributed by atoms with E-state index in [1.165, 1.54) is 0 Å². The molecule has 3 N–H and O–H groups in total. The quantitative estimate of drug-likeness (QED) is 0.722. The van der Waals surface area contributed by atoms with Crippen LogP contribution in [-0.4, -0.2) is 39.5 Å². The molecule has 16 heavy (non-hydrogen) atoms. The molecule has 0 fully saturated rings. The Morgan fingerprint density at radius 2 is 2.31 bits per heavy atom. The predicted molar refractivity (Wildman–Crippen MR) is 67.5 cm³/mol. The van der Waals surface area contributed by atoms with Crippen LogP contribution in [0.5, 0.6) is 0 Å². The SMILES string of the molecule is CC(C)N(CCO)c1nnccc1C(N)=S. The van der Waals surface area contributed by atoms with E-state index in [1.54, 1.807) is 12.3 Å². The molecule has 0 unspecified atom stereocenters. The normalized spacial score (nSPS) is 10.5. The van der Waals surface area contributed by atoms with E-state index in [0.29, 0.717) is 17.9 Å². The molecule has 0 saturated heterocycles. The average molecular weight is 240 g/mol. The molecule has 1 aromatic rings. The second-order valence-electron chi connectivity index (χ2n) is 3.64. The molecule has 0 atom stereocenters. The second kappa shape index (κ2) is 5.72. The first-order chi connectivity index (χ1) is 7.57. The summed E-state index contributed by atoms with van der Waals surface area (Å²) in [6, 6.07) is 1.93. The maximum atomic E-state index is 9.02. The molecular formula is C10H16N4OS. The molecule has 0 saturated carbocycles. The minimum atomic E-state index is 0.0472. The molecule has 0 aliphatic carbocycles. The third kappa shape index (κ3) is 2.86. The van der Waals surface area contributed by atoms with Crippen molar-refractivity contribution in [3.63, 3.8) is 0 Å². The Balaban J connectivity index is 3.12. The highest BCUT2D eigenvalue weighted by atomic mass is 32.1. The summed E-state index contributed by atoms with van der Waals surface area (Å²) in [6.45, 7) is 4.54. The van der Waals surface area contributed by atoms with E-state index in [4.69, 9.17) is 23.1 Å². The molecule has 88 valence electrons. The van der Waals surface area contributed by atoms with Crippen molar-refractivity contribution < 1.29 is 5.11 Å². The fourth-order valence-electron chi connectivity index (χ4n) is 1.45. The Labute approximate surface area is 100 Å². The van der Waals surface area contributed by atoms with Gasteiger partial charge in [-0.1, -0.05) is 12.2 Å². The molecule has 0 aliphatic heterocycles. The first-order valence-electron chi connectivity index (χ1n) is 5.07. The largest absolute Gasteiger partial charge is 0.395 e. The summed E-state index contributed by atoms with van der Waals surface area (Å²) < 4.78 is 0. The number of hydrogen-bond acceptors (Lipinski definition) is 5. The molecule has 0 radical (unpaired) electrons. The number of nitrogens with zero attached hydrogens (tertiary/aromatic N) is 3. The molecule has 1 aromatic heterocycles. The highest BCUT2D eigenvalue weighted by Crippen LogP contribution is 2.18. The van der Waals surface area contributed by atoms with Crippen molar-refractivity contribution in [3.8, 4) is 0 Å². The van der Waals surface area contributed by atoms with Crippen LogP contribution in [0.1, 0.15) is 19.4 Å². The molecule has 0 bridgehead atoms. The van der Waals surface area contributed by atoms with E-state index < -0.39 is 0 Å². The van der Waals surface area contributed by atoms with Crippen molar-refractivity contribution >= 4 is 23.0 Å². The third-order valence-corrected chi connectivity index (χ3v) is 2.42. The number of thiocarbonyl (C=S) groups is 1. The van der Waals surface area contributed by atoms with Crippen molar-refractivity contribution in [2.24, 2.45) is 5.73 Å². The second-order valence-corrected chi connectivity index (χ2v) is 4.08. The van der Waals surface area contributed by atoms with Crippen molar-refractivity contribution in [1.82, 2.24) is 10.2 Å². The summed E-state index contributed by atoms with van der Waals surface area (Å²) in [5.74, 6) is 0.624. The Morgan fingerprint density at radius 3 is 2.81 bits per heavy atom. The van der Waals surface area contributed by atoms with Gasteiger partial charge < -0.3 is 15.7 Å². The van der Waals surface area contributed by atoms with Gasteiger partial charge in [-0.25, -0.2) is 0 Å². The van der Waals surface area contributed by atoms with Crippen LogP contribution in [0.25, 0.3) is 0 Å². The van der Waals surface area contributed by atoms with Crippen LogP contribution in [0.4, 0.5) is 5.82 Å². The zero-order chi connectivity index (χ0) is 12.1. The smallest absolute Gasteiger partial charge is 0.161 e. The van der Waals surface area contributed by atoms with Gasteiger partial charge in [0.1, 0.15) is 4.99 Å². The molecule has 5 nitrogen and oxygen atoms in total. The number of aromatic nitrogens is 2.